The van der Waals surface area contributed by atoms with E-state index in [1.54, 1.807) is 28.9 Å². The minimum Gasteiger partial charge on any atom is -0.495 e. The lowest BCUT2D eigenvalue weighted by Gasteiger charge is -2.11. The highest BCUT2D eigenvalue weighted by Gasteiger charge is 2.17. The SMILES string of the molecule is COc1ccc(C(N)=O)cc1NC(=O)Cc1cn(-c2ccccc2)nc1-c1ccc(Cl)cc1. The molecule has 0 aliphatic heterocycles. The molecule has 1 heterocycles. The van der Waals surface area contributed by atoms with E-state index in [2.05, 4.69) is 5.32 Å². The van der Waals surface area contributed by atoms with Gasteiger partial charge in [0, 0.05) is 27.9 Å². The average Bonchev–Trinajstić information content (AvgIpc) is 3.23. The van der Waals surface area contributed by atoms with Crippen molar-refractivity contribution in [2.24, 2.45) is 5.73 Å². The maximum atomic E-state index is 13.0. The van der Waals surface area contributed by atoms with E-state index in [-0.39, 0.29) is 17.9 Å². The van der Waals surface area contributed by atoms with Gasteiger partial charge in [-0.05, 0) is 42.5 Å². The van der Waals surface area contributed by atoms with E-state index < -0.39 is 5.91 Å². The van der Waals surface area contributed by atoms with E-state index in [9.17, 15) is 9.59 Å². The van der Waals surface area contributed by atoms with E-state index in [1.165, 1.54) is 13.2 Å². The number of para-hydroxylation sites is 1. The largest absolute Gasteiger partial charge is 0.495 e. The normalized spacial score (nSPS) is 10.6. The van der Waals surface area contributed by atoms with Crippen LogP contribution in [0.25, 0.3) is 16.9 Å². The maximum Gasteiger partial charge on any atom is 0.248 e. The van der Waals surface area contributed by atoms with E-state index >= 15 is 0 Å². The molecular formula is C25H21ClN4O3. The van der Waals surface area contributed by atoms with Gasteiger partial charge in [-0.2, -0.15) is 5.10 Å². The number of ether oxygens (including phenoxy) is 1. The van der Waals surface area contributed by atoms with Crippen molar-refractivity contribution in [2.75, 3.05) is 12.4 Å². The molecule has 0 aliphatic carbocycles. The van der Waals surface area contributed by atoms with Gasteiger partial charge >= 0.3 is 0 Å². The first-order valence-electron chi connectivity index (χ1n) is 10.1. The topological polar surface area (TPSA) is 99.2 Å². The lowest BCUT2D eigenvalue weighted by molar-refractivity contribution is -0.115. The minimum absolute atomic E-state index is 0.0503. The highest BCUT2D eigenvalue weighted by molar-refractivity contribution is 6.30. The molecule has 3 aromatic carbocycles. The quantitative estimate of drug-likeness (QED) is 0.424. The summed E-state index contributed by atoms with van der Waals surface area (Å²) in [6.45, 7) is 0. The summed E-state index contributed by atoms with van der Waals surface area (Å²) in [5, 5.41) is 8.14. The number of nitrogens with zero attached hydrogens (tertiary/aromatic N) is 2. The molecule has 7 nitrogen and oxygen atoms in total. The van der Waals surface area contributed by atoms with Crippen LogP contribution in [-0.2, 0) is 11.2 Å². The van der Waals surface area contributed by atoms with E-state index in [0.29, 0.717) is 22.2 Å². The molecule has 3 N–H and O–H groups in total. The third-order valence-electron chi connectivity index (χ3n) is 5.04. The lowest BCUT2D eigenvalue weighted by atomic mass is 10.1. The number of primary amides is 1. The summed E-state index contributed by atoms with van der Waals surface area (Å²) in [4.78, 5) is 24.5. The Morgan fingerprint density at radius 2 is 1.79 bits per heavy atom. The van der Waals surface area contributed by atoms with Crippen LogP contribution >= 0.6 is 11.6 Å². The van der Waals surface area contributed by atoms with Gasteiger partial charge in [0.15, 0.2) is 0 Å². The molecule has 33 heavy (non-hydrogen) atoms. The van der Waals surface area contributed by atoms with E-state index in [0.717, 1.165) is 16.8 Å². The first-order chi connectivity index (χ1) is 15.9. The fourth-order valence-corrected chi connectivity index (χ4v) is 3.56. The van der Waals surface area contributed by atoms with Crippen molar-refractivity contribution in [1.82, 2.24) is 9.78 Å². The molecule has 8 heteroatoms. The smallest absolute Gasteiger partial charge is 0.248 e. The molecule has 1 aromatic heterocycles. The summed E-state index contributed by atoms with van der Waals surface area (Å²) >= 11 is 6.04. The van der Waals surface area contributed by atoms with Crippen molar-refractivity contribution >= 4 is 29.1 Å². The van der Waals surface area contributed by atoms with Crippen LogP contribution in [0.5, 0.6) is 5.75 Å². The Morgan fingerprint density at radius 3 is 2.45 bits per heavy atom. The van der Waals surface area contributed by atoms with Crippen LogP contribution in [0.2, 0.25) is 5.02 Å². The van der Waals surface area contributed by atoms with Gasteiger partial charge in [-0.15, -0.1) is 0 Å². The van der Waals surface area contributed by atoms with Crippen molar-refractivity contribution in [2.45, 2.75) is 6.42 Å². The molecule has 0 saturated carbocycles. The summed E-state index contributed by atoms with van der Waals surface area (Å²) < 4.78 is 7.04. The number of hydrogen-bond donors (Lipinski definition) is 2. The maximum absolute atomic E-state index is 13.0. The average molecular weight is 461 g/mol. The second kappa shape index (κ2) is 9.58. The Labute approximate surface area is 195 Å². The summed E-state index contributed by atoms with van der Waals surface area (Å²) in [6.07, 6.45) is 1.88. The standard InChI is InChI=1S/C25H21ClN4O3/c1-33-22-12-9-17(25(27)32)13-21(22)28-23(31)14-18-15-30(20-5-3-2-4-6-20)29-24(18)16-7-10-19(26)11-8-16/h2-13,15H,14H2,1H3,(H2,27,32)(H,28,31). The van der Waals surface area contributed by atoms with Crippen LogP contribution in [-0.4, -0.2) is 28.7 Å². The molecule has 4 aromatic rings. The first-order valence-corrected chi connectivity index (χ1v) is 10.5. The Bertz CT molecular complexity index is 1300. The summed E-state index contributed by atoms with van der Waals surface area (Å²) in [7, 11) is 1.48. The molecule has 0 unspecified atom stereocenters. The van der Waals surface area contributed by atoms with Gasteiger partial charge in [0.05, 0.1) is 30.6 Å². The number of anilines is 1. The third kappa shape index (κ3) is 5.05. The molecular weight excluding hydrogens is 440 g/mol. The molecule has 4 rings (SSSR count). The molecule has 0 aliphatic rings. The molecule has 0 bridgehead atoms. The predicted molar refractivity (Wildman–Crippen MR) is 128 cm³/mol. The number of carbonyl (C=O) groups excluding carboxylic acids is 2. The Morgan fingerprint density at radius 1 is 1.06 bits per heavy atom. The van der Waals surface area contributed by atoms with Gasteiger partial charge in [0.25, 0.3) is 0 Å². The summed E-state index contributed by atoms with van der Waals surface area (Å²) in [5.74, 6) is -0.466. The van der Waals surface area contributed by atoms with Crippen LogP contribution < -0.4 is 15.8 Å². The van der Waals surface area contributed by atoms with Gasteiger partial charge in [-0.3, -0.25) is 9.59 Å². The third-order valence-corrected chi connectivity index (χ3v) is 5.29. The summed E-state index contributed by atoms with van der Waals surface area (Å²) in [6, 6.07) is 21.5. The number of halogens is 1. The van der Waals surface area contributed by atoms with Crippen LogP contribution in [0, 0.1) is 0 Å². The number of methoxy groups -OCH3 is 1. The number of benzene rings is 3. The highest BCUT2D eigenvalue weighted by atomic mass is 35.5. The van der Waals surface area contributed by atoms with Gasteiger partial charge in [0.1, 0.15) is 5.75 Å². The number of carbonyl (C=O) groups is 2. The number of amides is 2. The number of nitrogens with two attached hydrogens (primary N) is 1. The van der Waals surface area contributed by atoms with Crippen LogP contribution in [0.4, 0.5) is 5.69 Å². The van der Waals surface area contributed by atoms with Gasteiger partial charge in [-0.25, -0.2) is 4.68 Å². The number of nitrogens with one attached hydrogen (secondary N) is 1. The van der Waals surface area contributed by atoms with Crippen LogP contribution in [0.3, 0.4) is 0 Å². The molecule has 0 fully saturated rings. The molecule has 0 saturated heterocycles. The lowest BCUT2D eigenvalue weighted by Crippen LogP contribution is -2.17. The van der Waals surface area contributed by atoms with Gasteiger partial charge < -0.3 is 15.8 Å². The highest BCUT2D eigenvalue weighted by Crippen LogP contribution is 2.28. The zero-order valence-electron chi connectivity index (χ0n) is 17.8. The zero-order valence-corrected chi connectivity index (χ0v) is 18.5. The van der Waals surface area contributed by atoms with E-state index in [4.69, 9.17) is 27.2 Å². The van der Waals surface area contributed by atoms with Crippen molar-refractivity contribution in [1.29, 1.82) is 0 Å². The van der Waals surface area contributed by atoms with Crippen molar-refractivity contribution < 1.29 is 14.3 Å². The monoisotopic (exact) mass is 460 g/mol. The first kappa shape index (κ1) is 22.1. The van der Waals surface area contributed by atoms with Crippen molar-refractivity contribution in [3.63, 3.8) is 0 Å². The Hall–Kier alpha value is -4.10. The van der Waals surface area contributed by atoms with Crippen LogP contribution in [0.15, 0.2) is 79.0 Å². The van der Waals surface area contributed by atoms with Crippen molar-refractivity contribution in [3.8, 4) is 22.7 Å². The molecule has 0 atom stereocenters. The molecule has 2 amide bonds. The second-order valence-electron chi connectivity index (χ2n) is 7.29. The van der Waals surface area contributed by atoms with Crippen LogP contribution in [0.1, 0.15) is 15.9 Å². The Balaban J connectivity index is 1.66. The number of hydrogen-bond acceptors (Lipinski definition) is 4. The van der Waals surface area contributed by atoms with Crippen molar-refractivity contribution in [3.05, 3.63) is 95.1 Å². The van der Waals surface area contributed by atoms with E-state index in [1.807, 2.05) is 48.7 Å². The molecule has 0 spiro atoms. The molecule has 0 radical (unpaired) electrons. The number of aromatic nitrogens is 2. The summed E-state index contributed by atoms with van der Waals surface area (Å²) in [5.41, 5.74) is 9.10. The Kier molecular flexibility index (Phi) is 6.42. The fourth-order valence-electron chi connectivity index (χ4n) is 3.43. The zero-order chi connectivity index (χ0) is 23.4. The minimum atomic E-state index is -0.595. The van der Waals surface area contributed by atoms with Gasteiger partial charge in [-0.1, -0.05) is 41.9 Å². The van der Waals surface area contributed by atoms with Gasteiger partial charge in [0.2, 0.25) is 11.8 Å². The second-order valence-corrected chi connectivity index (χ2v) is 7.73. The molecule has 166 valence electrons. The predicted octanol–water partition coefficient (Wildman–Crippen LogP) is 4.48. The fraction of sp³-hybridized carbons (Fsp3) is 0.0800. The number of rotatable bonds is 7.